The molecular weight excluding hydrogens is 416 g/mol. The summed E-state index contributed by atoms with van der Waals surface area (Å²) in [4.78, 5) is 17.6. The summed E-state index contributed by atoms with van der Waals surface area (Å²) >= 11 is 0. The Morgan fingerprint density at radius 2 is 1.94 bits per heavy atom. The Kier molecular flexibility index (Phi) is 5.79. The van der Waals surface area contributed by atoms with Crippen molar-refractivity contribution in [1.29, 1.82) is 5.26 Å². The van der Waals surface area contributed by atoms with Crippen LogP contribution in [0.5, 0.6) is 0 Å². The first-order valence-electron chi connectivity index (χ1n) is 11.4. The van der Waals surface area contributed by atoms with Gasteiger partial charge >= 0.3 is 0 Å². The molecule has 1 unspecified atom stereocenters. The molecule has 1 amide bonds. The topological polar surface area (TPSA) is 77.8 Å². The fraction of sp³-hybridized carbons (Fsp3) is 0.385. The van der Waals surface area contributed by atoms with Crippen molar-refractivity contribution in [2.24, 2.45) is 5.92 Å². The number of nitriles is 1. The normalized spacial score (nSPS) is 22.4. The van der Waals surface area contributed by atoms with Crippen molar-refractivity contribution in [3.05, 3.63) is 70.5 Å². The number of carbonyl (C=O) groups is 1. The third-order valence-electron chi connectivity index (χ3n) is 6.82. The average molecular weight is 445 g/mol. The largest absolute Gasteiger partial charge is 0.479 e. The van der Waals surface area contributed by atoms with Crippen LogP contribution in [-0.4, -0.2) is 45.9 Å². The van der Waals surface area contributed by atoms with Crippen LogP contribution in [0.4, 0.5) is 11.4 Å². The monoisotopic (exact) mass is 444 g/mol. The lowest BCUT2D eigenvalue weighted by molar-refractivity contribution is -0.120. The van der Waals surface area contributed by atoms with Crippen LogP contribution in [0.25, 0.3) is 0 Å². The highest BCUT2D eigenvalue weighted by Crippen LogP contribution is 2.46. The SMILES string of the molecule is COCN1C(=O)C2=C(Cc3cc(N4CCNCC4)ccc31)C(C)[C@@H](c1ccc(C#N)cc1)O2. The van der Waals surface area contributed by atoms with E-state index in [0.717, 1.165) is 48.6 Å². The van der Waals surface area contributed by atoms with Crippen molar-refractivity contribution in [3.63, 3.8) is 0 Å². The number of amides is 1. The number of rotatable bonds is 4. The van der Waals surface area contributed by atoms with Crippen LogP contribution < -0.4 is 15.1 Å². The van der Waals surface area contributed by atoms with Crippen LogP contribution in [0.3, 0.4) is 0 Å². The molecule has 2 aromatic carbocycles. The van der Waals surface area contributed by atoms with Crippen LogP contribution in [-0.2, 0) is 20.7 Å². The number of methoxy groups -OCH3 is 1. The zero-order valence-electron chi connectivity index (χ0n) is 19.0. The molecule has 0 spiro atoms. The minimum Gasteiger partial charge on any atom is -0.479 e. The summed E-state index contributed by atoms with van der Waals surface area (Å²) in [5.74, 6) is 0.299. The van der Waals surface area contributed by atoms with Gasteiger partial charge in [-0.3, -0.25) is 9.69 Å². The van der Waals surface area contributed by atoms with Gasteiger partial charge in [-0.2, -0.15) is 5.26 Å². The van der Waals surface area contributed by atoms with Gasteiger partial charge in [0.05, 0.1) is 17.3 Å². The van der Waals surface area contributed by atoms with E-state index in [1.54, 1.807) is 24.1 Å². The standard InChI is InChI=1S/C26H28N4O3/c1-17-22-14-20-13-21(29-11-9-28-10-12-29)7-8-23(20)30(16-32-2)26(31)25(22)33-24(17)19-5-3-18(15-27)4-6-19/h3-8,13,17,24,28H,9-12,14,16H2,1-2H3/t17?,24-/m0/s1. The first kappa shape index (κ1) is 21.5. The number of hydrogen-bond donors (Lipinski definition) is 1. The van der Waals surface area contributed by atoms with Crippen LogP contribution >= 0.6 is 0 Å². The molecule has 0 bridgehead atoms. The van der Waals surface area contributed by atoms with Gasteiger partial charge in [-0.1, -0.05) is 19.1 Å². The molecule has 3 aliphatic heterocycles. The molecule has 1 fully saturated rings. The second-order valence-corrected chi connectivity index (χ2v) is 8.79. The first-order valence-corrected chi connectivity index (χ1v) is 11.4. The van der Waals surface area contributed by atoms with Gasteiger partial charge in [0, 0.05) is 51.3 Å². The highest BCUT2D eigenvalue weighted by molar-refractivity contribution is 6.06. The summed E-state index contributed by atoms with van der Waals surface area (Å²) in [6.07, 6.45) is 0.402. The van der Waals surface area contributed by atoms with Crippen LogP contribution in [0.1, 0.15) is 29.7 Å². The van der Waals surface area contributed by atoms with Crippen molar-refractivity contribution < 1.29 is 14.3 Å². The molecule has 0 aliphatic carbocycles. The van der Waals surface area contributed by atoms with Gasteiger partial charge in [0.2, 0.25) is 0 Å². The predicted octanol–water partition coefficient (Wildman–Crippen LogP) is 3.12. The van der Waals surface area contributed by atoms with E-state index in [0.29, 0.717) is 17.7 Å². The van der Waals surface area contributed by atoms with Crippen molar-refractivity contribution in [3.8, 4) is 6.07 Å². The van der Waals surface area contributed by atoms with E-state index in [2.05, 4.69) is 35.3 Å². The quantitative estimate of drug-likeness (QED) is 0.781. The fourth-order valence-corrected chi connectivity index (χ4v) is 5.02. The minimum absolute atomic E-state index is 0.0371. The van der Waals surface area contributed by atoms with Crippen molar-refractivity contribution >= 4 is 17.3 Å². The predicted molar refractivity (Wildman–Crippen MR) is 126 cm³/mol. The summed E-state index contributed by atoms with van der Waals surface area (Å²) in [7, 11) is 1.60. The number of nitrogens with one attached hydrogen (secondary N) is 1. The summed E-state index contributed by atoms with van der Waals surface area (Å²) in [5.41, 5.74) is 5.76. The van der Waals surface area contributed by atoms with E-state index in [1.165, 1.54) is 5.69 Å². The van der Waals surface area contributed by atoms with E-state index in [1.807, 2.05) is 18.2 Å². The zero-order valence-corrected chi connectivity index (χ0v) is 19.0. The Labute approximate surface area is 194 Å². The molecule has 3 aliphatic rings. The molecule has 0 aromatic heterocycles. The summed E-state index contributed by atoms with van der Waals surface area (Å²) < 4.78 is 11.7. The molecule has 2 atom stereocenters. The third-order valence-corrected chi connectivity index (χ3v) is 6.82. The van der Waals surface area contributed by atoms with Gasteiger partial charge in [-0.15, -0.1) is 0 Å². The molecule has 33 heavy (non-hydrogen) atoms. The van der Waals surface area contributed by atoms with Gasteiger partial charge < -0.3 is 19.7 Å². The zero-order chi connectivity index (χ0) is 22.9. The highest BCUT2D eigenvalue weighted by atomic mass is 16.5. The number of carbonyl (C=O) groups excluding carboxylic acids is 1. The molecule has 170 valence electrons. The maximum Gasteiger partial charge on any atom is 0.295 e. The van der Waals surface area contributed by atoms with Crippen molar-refractivity contribution in [1.82, 2.24) is 5.32 Å². The van der Waals surface area contributed by atoms with Gasteiger partial charge in [0.1, 0.15) is 12.8 Å². The van der Waals surface area contributed by atoms with Crippen molar-refractivity contribution in [2.75, 3.05) is 49.8 Å². The van der Waals surface area contributed by atoms with Crippen LogP contribution in [0, 0.1) is 17.2 Å². The Bertz CT molecular complexity index is 1130. The van der Waals surface area contributed by atoms with Crippen LogP contribution in [0.2, 0.25) is 0 Å². The lowest BCUT2D eigenvalue weighted by Gasteiger charge is -2.31. The van der Waals surface area contributed by atoms with Gasteiger partial charge in [-0.05, 0) is 47.0 Å². The number of ether oxygens (including phenoxy) is 2. The second kappa shape index (κ2) is 8.89. The Balaban J connectivity index is 1.51. The van der Waals surface area contributed by atoms with Crippen LogP contribution in [0.15, 0.2) is 53.8 Å². The molecule has 5 rings (SSSR count). The van der Waals surface area contributed by atoms with E-state index < -0.39 is 0 Å². The average Bonchev–Trinajstić information content (AvgIpc) is 3.13. The minimum atomic E-state index is -0.256. The van der Waals surface area contributed by atoms with E-state index in [9.17, 15) is 4.79 Å². The highest BCUT2D eigenvalue weighted by Gasteiger charge is 2.42. The Morgan fingerprint density at radius 3 is 2.64 bits per heavy atom. The van der Waals surface area contributed by atoms with E-state index in [-0.39, 0.29) is 24.7 Å². The smallest absolute Gasteiger partial charge is 0.295 e. The molecule has 2 aromatic rings. The maximum atomic E-state index is 13.6. The lowest BCUT2D eigenvalue weighted by Crippen LogP contribution is -2.43. The molecule has 7 heteroatoms. The Morgan fingerprint density at radius 1 is 1.18 bits per heavy atom. The Hall–Kier alpha value is -3.34. The third kappa shape index (κ3) is 3.86. The molecule has 1 saturated heterocycles. The number of piperazine rings is 1. The summed E-state index contributed by atoms with van der Waals surface area (Å²) in [5, 5.41) is 12.5. The molecule has 1 N–H and O–H groups in total. The molecule has 7 nitrogen and oxygen atoms in total. The molecular formula is C26H28N4O3. The fourth-order valence-electron chi connectivity index (χ4n) is 5.02. The second-order valence-electron chi connectivity index (χ2n) is 8.79. The summed E-state index contributed by atoms with van der Waals surface area (Å²) in [6.45, 7) is 6.15. The first-order chi connectivity index (χ1) is 16.1. The van der Waals surface area contributed by atoms with Gasteiger partial charge in [0.25, 0.3) is 5.91 Å². The summed E-state index contributed by atoms with van der Waals surface area (Å²) in [6, 6.07) is 15.9. The van der Waals surface area contributed by atoms with E-state index >= 15 is 0 Å². The number of hydrogen-bond acceptors (Lipinski definition) is 6. The molecule has 3 heterocycles. The lowest BCUT2D eigenvalue weighted by atomic mass is 9.88. The number of anilines is 2. The molecule has 0 saturated carbocycles. The maximum absolute atomic E-state index is 13.6. The van der Waals surface area contributed by atoms with Gasteiger partial charge in [0.15, 0.2) is 5.76 Å². The number of nitrogens with zero attached hydrogens (tertiary/aromatic N) is 3. The number of fused-ring (bicyclic) bond motifs is 1. The van der Waals surface area contributed by atoms with E-state index in [4.69, 9.17) is 14.7 Å². The van der Waals surface area contributed by atoms with Gasteiger partial charge in [-0.25, -0.2) is 0 Å². The molecule has 0 radical (unpaired) electrons. The van der Waals surface area contributed by atoms with Crippen molar-refractivity contribution in [2.45, 2.75) is 19.4 Å². The number of benzene rings is 2.